The van der Waals surface area contributed by atoms with E-state index < -0.39 is 0 Å². The first kappa shape index (κ1) is 25.8. The summed E-state index contributed by atoms with van der Waals surface area (Å²) in [7, 11) is 0. The maximum Gasteiger partial charge on any atom is 0.134 e. The summed E-state index contributed by atoms with van der Waals surface area (Å²) in [4.78, 5) is 7.69. The summed E-state index contributed by atoms with van der Waals surface area (Å²) in [6.45, 7) is 18.0. The third kappa shape index (κ3) is 4.47. The van der Waals surface area contributed by atoms with Crippen molar-refractivity contribution in [3.63, 3.8) is 0 Å². The van der Waals surface area contributed by atoms with Crippen LogP contribution in [0, 0.1) is 26.7 Å². The number of fused-ring (bicyclic) bond motifs is 3. The van der Waals surface area contributed by atoms with Crippen molar-refractivity contribution in [2.24, 2.45) is 5.92 Å². The van der Waals surface area contributed by atoms with E-state index in [4.69, 9.17) is 9.40 Å². The van der Waals surface area contributed by atoms with E-state index in [9.17, 15) is 0 Å². The van der Waals surface area contributed by atoms with Gasteiger partial charge in [0.05, 0.1) is 5.69 Å². The second-order valence-electron chi connectivity index (χ2n) is 12.5. The van der Waals surface area contributed by atoms with Crippen LogP contribution in [0.25, 0.3) is 54.3 Å². The summed E-state index contributed by atoms with van der Waals surface area (Å²) in [5.74, 6) is 1.66. The molecule has 0 radical (unpaired) electrons. The fourth-order valence-electron chi connectivity index (χ4n) is 5.81. The van der Waals surface area contributed by atoms with E-state index in [0.717, 1.165) is 28.3 Å². The first-order valence-corrected chi connectivity index (χ1v) is 14.8. The molecular formula is C36H37NOS. The average molecular weight is 532 g/mol. The molecule has 198 valence electrons. The largest absolute Gasteiger partial charge is 0.461 e. The molecule has 0 bridgehead atoms. The van der Waals surface area contributed by atoms with Gasteiger partial charge in [-0.25, -0.2) is 4.98 Å². The minimum Gasteiger partial charge on any atom is -0.461 e. The summed E-state index contributed by atoms with van der Waals surface area (Å²) in [6, 6.07) is 22.4. The lowest BCUT2D eigenvalue weighted by Gasteiger charge is -2.23. The number of rotatable bonds is 4. The third-order valence-electron chi connectivity index (χ3n) is 8.04. The Bertz CT molecular complexity index is 1880. The van der Waals surface area contributed by atoms with Gasteiger partial charge in [0.1, 0.15) is 16.2 Å². The van der Waals surface area contributed by atoms with Gasteiger partial charge in [-0.3, -0.25) is 0 Å². The Morgan fingerprint density at radius 3 is 2.36 bits per heavy atom. The van der Waals surface area contributed by atoms with Crippen LogP contribution in [0.4, 0.5) is 0 Å². The van der Waals surface area contributed by atoms with Crippen molar-refractivity contribution in [3.8, 4) is 22.4 Å². The van der Waals surface area contributed by atoms with Gasteiger partial charge in [-0.2, -0.15) is 0 Å². The van der Waals surface area contributed by atoms with Crippen LogP contribution in [0.15, 0.2) is 65.1 Å². The molecule has 0 fully saturated rings. The molecule has 3 aromatic heterocycles. The molecule has 0 aliphatic carbocycles. The van der Waals surface area contributed by atoms with Gasteiger partial charge in [0, 0.05) is 27.6 Å². The van der Waals surface area contributed by atoms with Crippen LogP contribution in [0.1, 0.15) is 61.9 Å². The van der Waals surface area contributed by atoms with Crippen LogP contribution in [-0.4, -0.2) is 4.98 Å². The number of pyridine rings is 1. The molecule has 0 unspecified atom stereocenters. The highest BCUT2D eigenvalue weighted by molar-refractivity contribution is 7.18. The fourth-order valence-corrected chi connectivity index (χ4v) is 6.87. The Balaban J connectivity index is 1.60. The van der Waals surface area contributed by atoms with E-state index in [1.807, 2.05) is 0 Å². The molecule has 6 aromatic rings. The lowest BCUT2D eigenvalue weighted by Crippen LogP contribution is -2.12. The number of hydrogen-bond acceptors (Lipinski definition) is 3. The summed E-state index contributed by atoms with van der Waals surface area (Å²) >= 11 is 1.80. The van der Waals surface area contributed by atoms with Crippen molar-refractivity contribution in [3.05, 3.63) is 88.0 Å². The second kappa shape index (κ2) is 9.34. The highest BCUT2D eigenvalue weighted by Gasteiger charge is 2.21. The van der Waals surface area contributed by atoms with Crippen LogP contribution in [0.2, 0.25) is 0 Å². The summed E-state index contributed by atoms with van der Waals surface area (Å²) in [5, 5.41) is 5.05. The lowest BCUT2D eigenvalue weighted by molar-refractivity contribution is 0.496. The summed E-state index contributed by atoms with van der Waals surface area (Å²) in [6.07, 6.45) is 0.959. The molecule has 0 saturated heterocycles. The van der Waals surface area contributed by atoms with Gasteiger partial charge >= 0.3 is 0 Å². The summed E-state index contributed by atoms with van der Waals surface area (Å²) < 4.78 is 6.28. The quantitative estimate of drug-likeness (QED) is 0.226. The van der Waals surface area contributed by atoms with E-state index in [1.165, 1.54) is 59.8 Å². The number of furan rings is 1. The number of aryl methyl sites for hydroxylation is 3. The number of nitrogens with zero attached hydrogens (tertiary/aromatic N) is 1. The first-order valence-electron chi connectivity index (χ1n) is 14.0. The van der Waals surface area contributed by atoms with Crippen LogP contribution < -0.4 is 0 Å². The van der Waals surface area contributed by atoms with Gasteiger partial charge in [-0.1, -0.05) is 65.0 Å². The molecular weight excluding hydrogens is 494 g/mol. The van der Waals surface area contributed by atoms with Gasteiger partial charge in [0.2, 0.25) is 0 Å². The normalized spacial score (nSPS) is 12.4. The van der Waals surface area contributed by atoms with Crippen molar-refractivity contribution < 1.29 is 4.42 Å². The predicted octanol–water partition coefficient (Wildman–Crippen LogP) is 11.0. The minimum atomic E-state index is 0.0240. The Labute approximate surface area is 235 Å². The topological polar surface area (TPSA) is 26.0 Å². The SMILES string of the molecule is Cc1sc2nc(-c3cc(C(C)(C)C)c4ccccc4c3)cc(-c3ccc4oc(CC(C)C)c(C)c4c3)c2c1C. The minimum absolute atomic E-state index is 0.0240. The maximum atomic E-state index is 6.28. The second-order valence-corrected chi connectivity index (χ2v) is 13.7. The number of benzene rings is 3. The van der Waals surface area contributed by atoms with Crippen LogP contribution >= 0.6 is 11.3 Å². The zero-order valence-corrected chi connectivity index (χ0v) is 25.1. The van der Waals surface area contributed by atoms with Gasteiger partial charge in [-0.15, -0.1) is 11.3 Å². The predicted molar refractivity (Wildman–Crippen MR) is 169 cm³/mol. The molecule has 0 aliphatic rings. The van der Waals surface area contributed by atoms with Crippen molar-refractivity contribution in [1.29, 1.82) is 0 Å². The van der Waals surface area contributed by atoms with Crippen molar-refractivity contribution >= 4 is 43.3 Å². The monoisotopic (exact) mass is 531 g/mol. The highest BCUT2D eigenvalue weighted by atomic mass is 32.1. The molecule has 0 N–H and O–H groups in total. The Morgan fingerprint density at radius 1 is 0.846 bits per heavy atom. The fraction of sp³-hybridized carbons (Fsp3) is 0.306. The first-order chi connectivity index (χ1) is 18.5. The average Bonchev–Trinajstić information content (AvgIpc) is 3.36. The molecule has 39 heavy (non-hydrogen) atoms. The highest BCUT2D eigenvalue weighted by Crippen LogP contribution is 2.42. The molecule has 0 spiro atoms. The Hall–Kier alpha value is -3.43. The van der Waals surface area contributed by atoms with E-state index >= 15 is 0 Å². The van der Waals surface area contributed by atoms with Crippen LogP contribution in [0.3, 0.4) is 0 Å². The van der Waals surface area contributed by atoms with Crippen molar-refractivity contribution in [2.45, 2.75) is 67.2 Å². The molecule has 6 rings (SSSR count). The smallest absolute Gasteiger partial charge is 0.134 e. The molecule has 3 heterocycles. The van der Waals surface area contributed by atoms with Crippen LogP contribution in [0.5, 0.6) is 0 Å². The Kier molecular flexibility index (Phi) is 6.19. The number of thiophene rings is 1. The van der Waals surface area contributed by atoms with Gasteiger partial charge in [0.25, 0.3) is 0 Å². The molecule has 0 amide bonds. The molecule has 0 aliphatic heterocycles. The Morgan fingerprint density at radius 2 is 1.62 bits per heavy atom. The summed E-state index contributed by atoms with van der Waals surface area (Å²) in [5.41, 5.74) is 9.59. The van der Waals surface area contributed by atoms with Gasteiger partial charge in [0.15, 0.2) is 0 Å². The molecule has 0 atom stereocenters. The van der Waals surface area contributed by atoms with Crippen molar-refractivity contribution in [1.82, 2.24) is 4.98 Å². The van der Waals surface area contributed by atoms with Gasteiger partial charge < -0.3 is 4.42 Å². The van der Waals surface area contributed by atoms with Gasteiger partial charge in [-0.05, 0) is 101 Å². The van der Waals surface area contributed by atoms with Crippen LogP contribution in [-0.2, 0) is 11.8 Å². The lowest BCUT2D eigenvalue weighted by atomic mass is 9.82. The standard InChI is InChI=1S/C36H37NOS/c1-20(2)15-33-22(4)28-17-25(13-14-32(28)38-33)29-19-31(37-35-34(29)21(3)23(5)39-35)26-16-24-11-9-10-12-27(24)30(18-26)36(6,7)8/h9-14,16-20H,15H2,1-8H3. The molecule has 2 nitrogen and oxygen atoms in total. The zero-order valence-electron chi connectivity index (χ0n) is 24.3. The van der Waals surface area contributed by atoms with E-state index in [1.54, 1.807) is 11.3 Å². The molecule has 3 heteroatoms. The van der Waals surface area contributed by atoms with E-state index in [0.29, 0.717) is 5.92 Å². The number of hydrogen-bond donors (Lipinski definition) is 0. The zero-order chi connectivity index (χ0) is 27.6. The van der Waals surface area contributed by atoms with E-state index in [-0.39, 0.29) is 5.41 Å². The molecule has 3 aromatic carbocycles. The third-order valence-corrected chi connectivity index (χ3v) is 9.15. The van der Waals surface area contributed by atoms with Crippen molar-refractivity contribution in [2.75, 3.05) is 0 Å². The van der Waals surface area contributed by atoms with E-state index in [2.05, 4.69) is 116 Å². The molecule has 0 saturated carbocycles. The maximum absolute atomic E-state index is 6.28. The number of aromatic nitrogens is 1.